The molecule has 0 saturated heterocycles. The number of Topliss-reactive ketones (excluding diaryl/α,β-unsaturated/α-hetero) is 4. The summed E-state index contributed by atoms with van der Waals surface area (Å²) in [7, 11) is 0. The Bertz CT molecular complexity index is 3160. The number of ketones is 4. The van der Waals surface area contributed by atoms with Gasteiger partial charge in [0.2, 0.25) is 17.7 Å². The number of phenolic OH excluding ortho intramolecular Hbond substituents is 1. The van der Waals surface area contributed by atoms with E-state index in [2.05, 4.69) is 31.9 Å². The fraction of sp³-hybridized carbons (Fsp3) is 0.551. The lowest BCUT2D eigenvalue weighted by atomic mass is 10.0. The molecule has 4 rings (SSSR count). The number of hydrogen-bond acceptors (Lipinski definition) is 20. The summed E-state index contributed by atoms with van der Waals surface area (Å²) in [6, 6.07) is 22.0. The summed E-state index contributed by atoms with van der Waals surface area (Å²) < 4.78 is 22.1. The van der Waals surface area contributed by atoms with E-state index in [-0.39, 0.29) is 89.9 Å². The Balaban J connectivity index is 0.000000759. The molecule has 0 heterocycles. The zero-order valence-electron chi connectivity index (χ0n) is 62.5. The number of phenols is 1. The molecule has 0 aliphatic heterocycles. The molecular weight excluding hydrogens is 1330 g/mol. The summed E-state index contributed by atoms with van der Waals surface area (Å²) >= 11 is 0. The summed E-state index contributed by atoms with van der Waals surface area (Å²) in [5.74, 6) is -1.38. The number of amides is 6. The van der Waals surface area contributed by atoms with Crippen LogP contribution in [0.3, 0.4) is 0 Å². The number of carbonyl (C=O) groups is 11. The van der Waals surface area contributed by atoms with Gasteiger partial charge in [-0.1, -0.05) is 81.7 Å². The average Bonchev–Trinajstić information content (AvgIpc) is 0.852. The van der Waals surface area contributed by atoms with E-state index < -0.39 is 35.6 Å². The van der Waals surface area contributed by atoms with Gasteiger partial charge in [0.25, 0.3) is 11.8 Å². The van der Waals surface area contributed by atoms with E-state index in [4.69, 9.17) is 41.9 Å². The third-order valence-electron chi connectivity index (χ3n) is 15.9. The van der Waals surface area contributed by atoms with E-state index in [1.807, 2.05) is 51.1 Å². The molecule has 4 aromatic carbocycles. The number of alkyl carbamates (subject to hydrolysis) is 1. The van der Waals surface area contributed by atoms with Crippen LogP contribution in [0.5, 0.6) is 17.2 Å². The second-order valence-corrected chi connectivity index (χ2v) is 26.4. The Morgan fingerprint density at radius 2 is 0.808 bits per heavy atom. The van der Waals surface area contributed by atoms with Crippen molar-refractivity contribution in [3.05, 3.63) is 124 Å². The number of nitrogens with one attached hydrogen (secondary N) is 6. The zero-order chi connectivity index (χ0) is 77.1. The van der Waals surface area contributed by atoms with Gasteiger partial charge in [0.1, 0.15) is 29.5 Å². The first kappa shape index (κ1) is 91.0. The smallest absolute Gasteiger partial charge is 0.407 e. The predicted octanol–water partition coefficient (Wildman–Crippen LogP) is 9.56. The number of nitrogens with two attached hydrogens (primary N) is 4. The molecule has 2 atom stereocenters. The normalized spacial score (nSPS) is 11.3. The Labute approximate surface area is 614 Å². The highest BCUT2D eigenvalue weighted by Crippen LogP contribution is 2.22. The maximum atomic E-state index is 13.2. The quantitative estimate of drug-likeness (QED) is 0.0111. The van der Waals surface area contributed by atoms with Crippen molar-refractivity contribution in [1.82, 2.24) is 31.9 Å². The first-order valence-electron chi connectivity index (χ1n) is 36.5. The molecule has 0 fully saturated rings. The van der Waals surface area contributed by atoms with Crippen molar-refractivity contribution in [3.8, 4) is 17.2 Å². The molecule has 4 aromatic rings. The van der Waals surface area contributed by atoms with E-state index in [0.717, 1.165) is 115 Å². The minimum Gasteiger partial charge on any atom is -0.508 e. The van der Waals surface area contributed by atoms with Gasteiger partial charge in [-0.2, -0.15) is 0 Å². The number of carbonyl (C=O) groups excluding carboxylic acids is 11. The van der Waals surface area contributed by atoms with Crippen LogP contribution in [0.15, 0.2) is 84.9 Å². The highest BCUT2D eigenvalue weighted by atomic mass is 16.6. The molecule has 0 aromatic heterocycles. The summed E-state index contributed by atoms with van der Waals surface area (Å²) in [5.41, 5.74) is 25.4. The Kier molecular flexibility index (Phi) is 46.9. The SMILES string of the molecule is CC(=O)c1cc(O)cc(C(C)=O)c1.CC(=O)c1cc(OCCCCCNC(=O)OC(C)(C)C)cc(C(C)=O)c1.NCCCC[C@H](N)C(=O)NCCNC(=O)c1cc(OCCCCCNC(=O)CCCCCCCCCCC(=O)OCc2ccccc2)cc(C(=O)NCCNC(=O)[C@@H](N)CCCCN)c1. The van der Waals surface area contributed by atoms with Crippen LogP contribution in [-0.4, -0.2) is 153 Å². The first-order valence-corrected chi connectivity index (χ1v) is 36.5. The molecular formula is C78H118N10O16. The van der Waals surface area contributed by atoms with E-state index in [1.165, 1.54) is 52.0 Å². The summed E-state index contributed by atoms with van der Waals surface area (Å²) in [6.07, 6.45) is 17.5. The summed E-state index contributed by atoms with van der Waals surface area (Å²) in [5, 5.41) is 25.9. The Morgan fingerprint density at radius 3 is 1.24 bits per heavy atom. The van der Waals surface area contributed by atoms with Crippen LogP contribution >= 0.6 is 0 Å². The van der Waals surface area contributed by atoms with Crippen LogP contribution in [-0.2, 0) is 35.3 Å². The van der Waals surface area contributed by atoms with Gasteiger partial charge in [-0.05, 0) is 199 Å². The molecule has 0 spiro atoms. The number of unbranched alkanes of at least 4 members (excludes halogenated alkanes) is 13. The van der Waals surface area contributed by atoms with Gasteiger partial charge in [-0.3, -0.25) is 47.9 Å². The summed E-state index contributed by atoms with van der Waals surface area (Å²) in [4.78, 5) is 132. The molecule has 15 N–H and O–H groups in total. The molecule has 576 valence electrons. The Morgan fingerprint density at radius 1 is 0.423 bits per heavy atom. The standard InChI is InChI=1S/C48H79N9O8.C20H29NO5.C10H10O3/c49-25-15-13-21-41(51)47(62)56-30-28-54-45(60)38-33-39(46(61)55-29-31-57-48(63)42(52)22-14-16-26-50)35-40(34-38)64-32-18-8-17-27-53-43(58)23-11-5-3-1-2-4-6-12-24-44(59)65-36-37-19-9-7-10-20-37;1-14(22)16-11-17(15(2)23)13-18(12-16)25-10-8-6-7-9-21-19(24)26-20(3,4)5;1-6(11)8-3-9(7(2)12)5-10(13)4-8/h7,9-10,19-20,33-35,41-42H,1-6,8,11-18,21-32,36,49-52H2,(H,53,58)(H,54,60)(H,55,61)(H,56,62)(H,57,63);11-13H,6-10H2,1-5H3,(H,21,24);3-5,13H,1-2H3/t41-,42-;;/m0../s1. The molecule has 26 nitrogen and oxygen atoms in total. The highest BCUT2D eigenvalue weighted by molar-refractivity contribution is 6.02. The lowest BCUT2D eigenvalue weighted by Crippen LogP contribution is -2.43. The second-order valence-electron chi connectivity index (χ2n) is 26.4. The van der Waals surface area contributed by atoms with Gasteiger partial charge in [-0.15, -0.1) is 0 Å². The van der Waals surface area contributed by atoms with Gasteiger partial charge >= 0.3 is 12.1 Å². The van der Waals surface area contributed by atoms with Gasteiger partial charge in [0.15, 0.2) is 23.1 Å². The Hall–Kier alpha value is -9.11. The fourth-order valence-corrected chi connectivity index (χ4v) is 9.95. The largest absolute Gasteiger partial charge is 0.508 e. The van der Waals surface area contributed by atoms with Crippen LogP contribution in [0.25, 0.3) is 0 Å². The average molecular weight is 1450 g/mol. The first-order chi connectivity index (χ1) is 49.6. The van der Waals surface area contributed by atoms with E-state index in [9.17, 15) is 57.8 Å². The number of ether oxygens (including phenoxy) is 4. The van der Waals surface area contributed by atoms with Gasteiger partial charge < -0.3 is 78.9 Å². The predicted molar refractivity (Wildman–Crippen MR) is 402 cm³/mol. The third kappa shape index (κ3) is 43.8. The fourth-order valence-electron chi connectivity index (χ4n) is 9.95. The lowest BCUT2D eigenvalue weighted by Gasteiger charge is -2.19. The molecule has 0 bridgehead atoms. The lowest BCUT2D eigenvalue weighted by molar-refractivity contribution is -0.145. The van der Waals surface area contributed by atoms with Crippen molar-refractivity contribution in [2.24, 2.45) is 22.9 Å². The second kappa shape index (κ2) is 53.6. The topological polar surface area (TPSA) is 421 Å². The molecule has 0 saturated carbocycles. The minimum atomic E-state index is -0.658. The minimum absolute atomic E-state index is 0.0508. The number of esters is 1. The zero-order valence-corrected chi connectivity index (χ0v) is 62.5. The molecule has 0 radical (unpaired) electrons. The van der Waals surface area contributed by atoms with E-state index in [0.29, 0.717) is 112 Å². The maximum Gasteiger partial charge on any atom is 0.407 e. The molecule has 6 amide bonds. The summed E-state index contributed by atoms with van der Waals surface area (Å²) in [6.45, 7) is 15.1. The molecule has 0 unspecified atom stereocenters. The number of rotatable bonds is 49. The van der Waals surface area contributed by atoms with Crippen molar-refractivity contribution >= 4 is 64.7 Å². The van der Waals surface area contributed by atoms with Crippen molar-refractivity contribution < 1.29 is 76.8 Å². The van der Waals surface area contributed by atoms with Crippen molar-refractivity contribution in [1.29, 1.82) is 0 Å². The van der Waals surface area contributed by atoms with E-state index in [1.54, 1.807) is 30.3 Å². The van der Waals surface area contributed by atoms with Crippen LogP contribution < -0.4 is 64.3 Å². The van der Waals surface area contributed by atoms with Gasteiger partial charge in [0, 0.05) is 85.5 Å². The number of benzene rings is 4. The van der Waals surface area contributed by atoms with Crippen LogP contribution in [0.1, 0.15) is 257 Å². The van der Waals surface area contributed by atoms with Crippen LogP contribution in [0, 0.1) is 0 Å². The molecule has 104 heavy (non-hydrogen) atoms. The van der Waals surface area contributed by atoms with Crippen molar-refractivity contribution in [3.63, 3.8) is 0 Å². The van der Waals surface area contributed by atoms with Gasteiger partial charge in [-0.25, -0.2) is 4.79 Å². The van der Waals surface area contributed by atoms with Crippen molar-refractivity contribution in [2.45, 2.75) is 214 Å². The molecule has 0 aliphatic rings. The molecule has 0 aliphatic carbocycles. The number of hydrogen-bond donors (Lipinski definition) is 11. The van der Waals surface area contributed by atoms with E-state index >= 15 is 0 Å². The maximum absolute atomic E-state index is 13.2. The highest BCUT2D eigenvalue weighted by Gasteiger charge is 2.19. The van der Waals surface area contributed by atoms with Gasteiger partial charge in [0.05, 0.1) is 25.3 Å². The van der Waals surface area contributed by atoms with Crippen LogP contribution in [0.2, 0.25) is 0 Å². The van der Waals surface area contributed by atoms with Crippen molar-refractivity contribution in [2.75, 3.05) is 65.6 Å². The third-order valence-corrected chi connectivity index (χ3v) is 15.9. The van der Waals surface area contributed by atoms with Crippen LogP contribution in [0.4, 0.5) is 4.79 Å². The monoisotopic (exact) mass is 1450 g/mol. The molecule has 26 heteroatoms. The number of aromatic hydroxyl groups is 1.